The van der Waals surface area contributed by atoms with Crippen LogP contribution in [0.25, 0.3) is 0 Å². The molecule has 1 fully saturated rings. The second-order valence-electron chi connectivity index (χ2n) is 6.88. The van der Waals surface area contributed by atoms with Crippen molar-refractivity contribution in [3.05, 3.63) is 41.5 Å². The van der Waals surface area contributed by atoms with Crippen LogP contribution in [-0.2, 0) is 21.2 Å². The van der Waals surface area contributed by atoms with Crippen molar-refractivity contribution in [3.63, 3.8) is 0 Å². The fourth-order valence-electron chi connectivity index (χ4n) is 3.32. The molecule has 1 saturated heterocycles. The highest BCUT2D eigenvalue weighted by Gasteiger charge is 2.25. The molecule has 0 saturated carbocycles. The minimum absolute atomic E-state index is 0.0453. The fraction of sp³-hybridized carbons (Fsp3) is 0.526. The molecule has 0 bridgehead atoms. The Hall–Kier alpha value is -1.70. The summed E-state index contributed by atoms with van der Waals surface area (Å²) in [6, 6.07) is 6.70. The molecule has 142 valence electrons. The average molecular weight is 378 g/mol. The predicted molar refractivity (Wildman–Crippen MR) is 101 cm³/mol. The van der Waals surface area contributed by atoms with Gasteiger partial charge in [-0.05, 0) is 43.5 Å². The van der Waals surface area contributed by atoms with Crippen LogP contribution in [0.4, 0.5) is 0 Å². The molecule has 0 unspecified atom stereocenters. The Morgan fingerprint density at radius 2 is 1.85 bits per heavy atom. The second-order valence-corrected chi connectivity index (χ2v) is 8.82. The molecule has 1 amide bonds. The smallest absolute Gasteiger partial charge is 0.243 e. The first-order valence-electron chi connectivity index (χ1n) is 9.30. The number of amides is 1. The first kappa shape index (κ1) is 19.1. The summed E-state index contributed by atoms with van der Waals surface area (Å²) in [5.74, 6) is -0.0453. The molecular formula is C19H27N3O3S. The van der Waals surface area contributed by atoms with Gasteiger partial charge in [0.1, 0.15) is 0 Å². The Morgan fingerprint density at radius 1 is 1.12 bits per heavy atom. The number of sulfonamides is 1. The van der Waals surface area contributed by atoms with E-state index in [1.807, 2.05) is 0 Å². The maximum Gasteiger partial charge on any atom is 0.243 e. The molecule has 0 aliphatic carbocycles. The zero-order chi connectivity index (χ0) is 18.4. The number of nitrogens with one attached hydrogen (secondary N) is 2. The summed E-state index contributed by atoms with van der Waals surface area (Å²) in [4.78, 5) is 12.4. The van der Waals surface area contributed by atoms with Crippen LogP contribution < -0.4 is 10.6 Å². The summed E-state index contributed by atoms with van der Waals surface area (Å²) < 4.78 is 26.8. The molecule has 26 heavy (non-hydrogen) atoms. The van der Waals surface area contributed by atoms with Crippen LogP contribution in [0, 0.1) is 0 Å². The first-order chi connectivity index (χ1) is 12.6. The predicted octanol–water partition coefficient (Wildman–Crippen LogP) is 1.44. The number of hydrogen-bond donors (Lipinski definition) is 2. The van der Waals surface area contributed by atoms with E-state index in [9.17, 15) is 13.2 Å². The molecule has 2 aliphatic rings. The van der Waals surface area contributed by atoms with Gasteiger partial charge in [-0.3, -0.25) is 4.79 Å². The lowest BCUT2D eigenvalue weighted by atomic mass is 10.1. The second kappa shape index (κ2) is 8.79. The van der Waals surface area contributed by atoms with Crippen LogP contribution in [0.3, 0.4) is 0 Å². The molecular weight excluding hydrogens is 350 g/mol. The highest BCUT2D eigenvalue weighted by Crippen LogP contribution is 2.21. The Kier molecular flexibility index (Phi) is 6.45. The molecule has 7 heteroatoms. The molecule has 0 radical (unpaired) electrons. The number of benzene rings is 1. The Morgan fingerprint density at radius 3 is 2.50 bits per heavy atom. The van der Waals surface area contributed by atoms with Gasteiger partial charge in [0.25, 0.3) is 0 Å². The molecule has 1 aromatic rings. The van der Waals surface area contributed by atoms with Crippen LogP contribution in [0.5, 0.6) is 0 Å². The van der Waals surface area contributed by atoms with Crippen molar-refractivity contribution in [2.24, 2.45) is 0 Å². The summed E-state index contributed by atoms with van der Waals surface area (Å²) in [6.45, 7) is 3.59. The lowest BCUT2D eigenvalue weighted by molar-refractivity contribution is -0.120. The number of carbonyl (C=O) groups excluding carboxylic acids is 1. The van der Waals surface area contributed by atoms with Crippen molar-refractivity contribution in [2.45, 2.75) is 37.0 Å². The zero-order valence-corrected chi connectivity index (χ0v) is 15.9. The average Bonchev–Trinajstić information content (AvgIpc) is 2.68. The largest absolute Gasteiger partial charge is 0.352 e. The van der Waals surface area contributed by atoms with E-state index in [0.717, 1.165) is 44.3 Å². The van der Waals surface area contributed by atoms with Crippen LogP contribution >= 0.6 is 0 Å². The van der Waals surface area contributed by atoms with Gasteiger partial charge in [0.05, 0.1) is 11.3 Å². The number of hydrogen-bond acceptors (Lipinski definition) is 4. The standard InChI is InChI=1S/C19H27N3O3S/c23-19(21-15-17-8-10-20-11-9-17)14-16-4-6-18(7-5-16)26(24,25)22-12-2-1-3-13-22/h4-8,20H,1-3,9-15H2,(H,21,23). The number of piperidine rings is 1. The highest BCUT2D eigenvalue weighted by molar-refractivity contribution is 7.89. The molecule has 2 heterocycles. The summed E-state index contributed by atoms with van der Waals surface area (Å²) >= 11 is 0. The van der Waals surface area contributed by atoms with Gasteiger partial charge >= 0.3 is 0 Å². The van der Waals surface area contributed by atoms with Crippen molar-refractivity contribution in [3.8, 4) is 0 Å². The van der Waals surface area contributed by atoms with Crippen LogP contribution in [-0.4, -0.2) is 51.4 Å². The van der Waals surface area contributed by atoms with Gasteiger partial charge in [0.2, 0.25) is 15.9 Å². The molecule has 1 aromatic carbocycles. The van der Waals surface area contributed by atoms with Crippen molar-refractivity contribution < 1.29 is 13.2 Å². The van der Waals surface area contributed by atoms with Gasteiger partial charge in [0.15, 0.2) is 0 Å². The summed E-state index contributed by atoms with van der Waals surface area (Å²) in [5.41, 5.74) is 2.07. The third-order valence-corrected chi connectivity index (χ3v) is 6.82. The number of carbonyl (C=O) groups is 1. The van der Waals surface area contributed by atoms with E-state index in [-0.39, 0.29) is 12.3 Å². The SMILES string of the molecule is O=C(Cc1ccc(S(=O)(=O)N2CCCCC2)cc1)NCC1=CCNCC1. The third kappa shape index (κ3) is 4.93. The Bertz CT molecular complexity index is 751. The van der Waals surface area contributed by atoms with Crippen LogP contribution in [0.2, 0.25) is 0 Å². The maximum absolute atomic E-state index is 12.6. The van der Waals surface area contributed by atoms with Crippen molar-refractivity contribution in [1.29, 1.82) is 0 Å². The monoisotopic (exact) mass is 377 g/mol. The van der Waals surface area contributed by atoms with E-state index in [1.54, 1.807) is 28.6 Å². The quantitative estimate of drug-likeness (QED) is 0.736. The van der Waals surface area contributed by atoms with E-state index >= 15 is 0 Å². The van der Waals surface area contributed by atoms with Gasteiger partial charge in [-0.2, -0.15) is 4.31 Å². The maximum atomic E-state index is 12.6. The Labute approximate surface area is 155 Å². The van der Waals surface area contributed by atoms with Crippen molar-refractivity contribution in [1.82, 2.24) is 14.9 Å². The van der Waals surface area contributed by atoms with Gasteiger partial charge < -0.3 is 10.6 Å². The van der Waals surface area contributed by atoms with Gasteiger partial charge in [-0.15, -0.1) is 0 Å². The van der Waals surface area contributed by atoms with E-state index in [2.05, 4.69) is 16.7 Å². The number of rotatable bonds is 6. The first-order valence-corrected chi connectivity index (χ1v) is 10.7. The lowest BCUT2D eigenvalue weighted by Gasteiger charge is -2.25. The summed E-state index contributed by atoms with van der Waals surface area (Å²) in [5, 5.41) is 6.18. The molecule has 2 aliphatic heterocycles. The molecule has 0 spiro atoms. The van der Waals surface area contributed by atoms with Gasteiger partial charge in [0, 0.05) is 26.2 Å². The van der Waals surface area contributed by atoms with E-state index in [4.69, 9.17) is 0 Å². The van der Waals surface area contributed by atoms with E-state index in [1.165, 1.54) is 5.57 Å². The third-order valence-electron chi connectivity index (χ3n) is 4.91. The molecule has 2 N–H and O–H groups in total. The summed E-state index contributed by atoms with van der Waals surface area (Å²) in [6.07, 6.45) is 6.27. The molecule has 3 rings (SSSR count). The van der Waals surface area contributed by atoms with Crippen LogP contribution in [0.1, 0.15) is 31.2 Å². The van der Waals surface area contributed by atoms with Crippen molar-refractivity contribution in [2.75, 3.05) is 32.7 Å². The lowest BCUT2D eigenvalue weighted by Crippen LogP contribution is -2.35. The van der Waals surface area contributed by atoms with Gasteiger partial charge in [-0.25, -0.2) is 8.42 Å². The van der Waals surface area contributed by atoms with Gasteiger partial charge in [-0.1, -0.05) is 30.2 Å². The normalized spacial score (nSPS) is 19.0. The van der Waals surface area contributed by atoms with Crippen LogP contribution in [0.15, 0.2) is 40.8 Å². The highest BCUT2D eigenvalue weighted by atomic mass is 32.2. The molecule has 0 aromatic heterocycles. The minimum atomic E-state index is -3.41. The zero-order valence-electron chi connectivity index (χ0n) is 15.0. The minimum Gasteiger partial charge on any atom is -0.352 e. The number of nitrogens with zero attached hydrogens (tertiary/aromatic N) is 1. The summed E-state index contributed by atoms with van der Waals surface area (Å²) in [7, 11) is -3.41. The van der Waals surface area contributed by atoms with Crippen molar-refractivity contribution >= 4 is 15.9 Å². The Balaban J connectivity index is 1.55. The topological polar surface area (TPSA) is 78.5 Å². The fourth-order valence-corrected chi connectivity index (χ4v) is 4.84. The van der Waals surface area contributed by atoms with E-state index in [0.29, 0.717) is 24.5 Å². The van der Waals surface area contributed by atoms with E-state index < -0.39 is 10.0 Å². The molecule has 6 nitrogen and oxygen atoms in total. The molecule has 0 atom stereocenters.